The summed E-state index contributed by atoms with van der Waals surface area (Å²) in [6, 6.07) is 0.0272. The minimum Gasteiger partial charge on any atom is -0.477 e. The van der Waals surface area contributed by atoms with Crippen molar-refractivity contribution in [1.82, 2.24) is 10.3 Å². The number of hydrogen-bond acceptors (Lipinski definition) is 5. The molecule has 0 spiro atoms. The first-order valence-electron chi connectivity index (χ1n) is 5.64. The van der Waals surface area contributed by atoms with Gasteiger partial charge in [-0.25, -0.2) is 9.78 Å². The van der Waals surface area contributed by atoms with Gasteiger partial charge in [-0.1, -0.05) is 13.8 Å². The summed E-state index contributed by atoms with van der Waals surface area (Å²) in [5.74, 6) is -0.773. The molecule has 0 bridgehead atoms. The molecule has 5 nitrogen and oxygen atoms in total. The van der Waals surface area contributed by atoms with Crippen molar-refractivity contribution in [1.29, 1.82) is 0 Å². The van der Waals surface area contributed by atoms with Crippen LogP contribution in [-0.4, -0.2) is 35.8 Å². The SMILES string of the molecule is CC(C)c1nc(C2COCCN2)sc1C(=O)O. The molecule has 0 amide bonds. The molecule has 1 aromatic rings. The molecule has 1 atom stereocenters. The van der Waals surface area contributed by atoms with E-state index in [1.807, 2.05) is 13.8 Å². The van der Waals surface area contributed by atoms with Crippen LogP contribution in [0, 0.1) is 0 Å². The topological polar surface area (TPSA) is 71.5 Å². The number of morpholine rings is 1. The molecule has 2 N–H and O–H groups in total. The zero-order chi connectivity index (χ0) is 12.4. The third-order valence-corrected chi connectivity index (χ3v) is 3.80. The van der Waals surface area contributed by atoms with Crippen molar-refractivity contribution < 1.29 is 14.6 Å². The van der Waals surface area contributed by atoms with Crippen LogP contribution in [0.15, 0.2) is 0 Å². The van der Waals surface area contributed by atoms with Gasteiger partial charge in [-0.3, -0.25) is 0 Å². The minimum absolute atomic E-state index is 0.0272. The smallest absolute Gasteiger partial charge is 0.347 e. The summed E-state index contributed by atoms with van der Waals surface area (Å²) in [6.07, 6.45) is 0. The van der Waals surface area contributed by atoms with E-state index < -0.39 is 5.97 Å². The maximum Gasteiger partial charge on any atom is 0.347 e. The standard InChI is InChI=1S/C11H16N2O3S/c1-6(2)8-9(11(14)15)17-10(13-8)7-5-16-4-3-12-7/h6-7,12H,3-5H2,1-2H3,(H,14,15). The van der Waals surface area contributed by atoms with Crippen LogP contribution in [0.25, 0.3) is 0 Å². The second-order valence-electron chi connectivity index (χ2n) is 4.31. The molecule has 1 saturated heterocycles. The predicted molar refractivity (Wildman–Crippen MR) is 64.7 cm³/mol. The Bertz CT molecular complexity index is 411. The summed E-state index contributed by atoms with van der Waals surface area (Å²) in [5.41, 5.74) is 0.671. The number of carbonyl (C=O) groups is 1. The Morgan fingerprint density at radius 1 is 1.65 bits per heavy atom. The number of nitrogens with one attached hydrogen (secondary N) is 1. The highest BCUT2D eigenvalue weighted by Crippen LogP contribution is 2.29. The molecule has 0 saturated carbocycles. The van der Waals surface area contributed by atoms with Crippen LogP contribution in [0.3, 0.4) is 0 Å². The largest absolute Gasteiger partial charge is 0.477 e. The average Bonchev–Trinajstić information content (AvgIpc) is 2.75. The third kappa shape index (κ3) is 2.65. The molecule has 2 rings (SSSR count). The first-order chi connectivity index (χ1) is 8.09. The van der Waals surface area contributed by atoms with Crippen molar-refractivity contribution >= 4 is 17.3 Å². The van der Waals surface area contributed by atoms with Gasteiger partial charge in [-0.2, -0.15) is 0 Å². The van der Waals surface area contributed by atoms with E-state index in [2.05, 4.69) is 10.3 Å². The van der Waals surface area contributed by atoms with E-state index in [-0.39, 0.29) is 12.0 Å². The molecule has 2 heterocycles. The van der Waals surface area contributed by atoms with Crippen LogP contribution in [0.5, 0.6) is 0 Å². The van der Waals surface area contributed by atoms with E-state index >= 15 is 0 Å². The fraction of sp³-hybridized carbons (Fsp3) is 0.636. The summed E-state index contributed by atoms with van der Waals surface area (Å²) >= 11 is 1.25. The minimum atomic E-state index is -0.894. The summed E-state index contributed by atoms with van der Waals surface area (Å²) in [4.78, 5) is 15.9. The number of carboxylic acid groups (broad SMARTS) is 1. The van der Waals surface area contributed by atoms with E-state index in [0.717, 1.165) is 11.6 Å². The van der Waals surface area contributed by atoms with Gasteiger partial charge < -0.3 is 15.2 Å². The van der Waals surface area contributed by atoms with Crippen LogP contribution in [-0.2, 0) is 4.74 Å². The summed E-state index contributed by atoms with van der Waals surface area (Å²) < 4.78 is 5.36. The number of aromatic nitrogens is 1. The van der Waals surface area contributed by atoms with Gasteiger partial charge in [-0.15, -0.1) is 11.3 Å². The van der Waals surface area contributed by atoms with Crippen molar-refractivity contribution in [2.75, 3.05) is 19.8 Å². The Balaban J connectivity index is 2.29. The summed E-state index contributed by atoms with van der Waals surface area (Å²) in [6.45, 7) is 5.95. The molecular weight excluding hydrogens is 240 g/mol. The number of hydrogen-bond donors (Lipinski definition) is 2. The van der Waals surface area contributed by atoms with E-state index in [9.17, 15) is 4.79 Å². The lowest BCUT2D eigenvalue weighted by Crippen LogP contribution is -2.34. The van der Waals surface area contributed by atoms with Gasteiger partial charge >= 0.3 is 5.97 Å². The average molecular weight is 256 g/mol. The molecule has 0 aromatic carbocycles. The fourth-order valence-electron chi connectivity index (χ4n) is 1.77. The second-order valence-corrected chi connectivity index (χ2v) is 5.34. The van der Waals surface area contributed by atoms with Gasteiger partial charge in [0.25, 0.3) is 0 Å². The van der Waals surface area contributed by atoms with E-state index in [1.165, 1.54) is 11.3 Å². The molecule has 1 fully saturated rings. The number of ether oxygens (including phenoxy) is 1. The lowest BCUT2D eigenvalue weighted by atomic mass is 10.1. The molecular formula is C11H16N2O3S. The zero-order valence-electron chi connectivity index (χ0n) is 9.90. The zero-order valence-corrected chi connectivity index (χ0v) is 10.7. The van der Waals surface area contributed by atoms with Gasteiger partial charge in [0, 0.05) is 6.54 Å². The van der Waals surface area contributed by atoms with Crippen molar-refractivity contribution in [3.63, 3.8) is 0 Å². The molecule has 0 aliphatic carbocycles. The normalized spacial score (nSPS) is 20.8. The highest BCUT2D eigenvalue weighted by Gasteiger charge is 2.25. The number of thiazole rings is 1. The summed E-state index contributed by atoms with van der Waals surface area (Å²) in [5, 5.41) is 13.2. The number of aromatic carboxylic acids is 1. The molecule has 1 aliphatic heterocycles. The lowest BCUT2D eigenvalue weighted by molar-refractivity contribution is 0.0700. The lowest BCUT2D eigenvalue weighted by Gasteiger charge is -2.21. The Labute approximate surface area is 104 Å². The van der Waals surface area contributed by atoms with Crippen molar-refractivity contribution in [2.24, 2.45) is 0 Å². The van der Waals surface area contributed by atoms with Crippen LogP contribution in [0.1, 0.15) is 46.2 Å². The van der Waals surface area contributed by atoms with Crippen LogP contribution >= 0.6 is 11.3 Å². The van der Waals surface area contributed by atoms with Crippen molar-refractivity contribution in [3.05, 3.63) is 15.6 Å². The third-order valence-electron chi connectivity index (χ3n) is 2.63. The van der Waals surface area contributed by atoms with Crippen molar-refractivity contribution in [2.45, 2.75) is 25.8 Å². The molecule has 6 heteroatoms. The Kier molecular flexibility index (Phi) is 3.76. The number of carboxylic acids is 1. The maximum absolute atomic E-state index is 11.1. The number of rotatable bonds is 3. The van der Waals surface area contributed by atoms with Crippen molar-refractivity contribution in [3.8, 4) is 0 Å². The highest BCUT2D eigenvalue weighted by atomic mass is 32.1. The first-order valence-corrected chi connectivity index (χ1v) is 6.46. The molecule has 1 unspecified atom stereocenters. The predicted octanol–water partition coefficient (Wildman–Crippen LogP) is 1.63. The first kappa shape index (κ1) is 12.5. The molecule has 1 aliphatic rings. The van der Waals surface area contributed by atoms with Crippen LogP contribution < -0.4 is 5.32 Å². The Hall–Kier alpha value is -0.980. The van der Waals surface area contributed by atoms with E-state index in [0.29, 0.717) is 23.8 Å². The molecule has 94 valence electrons. The Morgan fingerprint density at radius 2 is 2.41 bits per heavy atom. The van der Waals surface area contributed by atoms with Gasteiger partial charge in [0.15, 0.2) is 0 Å². The Morgan fingerprint density at radius 3 is 2.88 bits per heavy atom. The fourth-order valence-corrected chi connectivity index (χ4v) is 2.89. The molecule has 1 aromatic heterocycles. The van der Waals surface area contributed by atoms with Crippen LogP contribution in [0.2, 0.25) is 0 Å². The quantitative estimate of drug-likeness (QED) is 0.860. The van der Waals surface area contributed by atoms with Gasteiger partial charge in [-0.05, 0) is 5.92 Å². The van der Waals surface area contributed by atoms with Gasteiger partial charge in [0.05, 0.1) is 24.9 Å². The summed E-state index contributed by atoms with van der Waals surface area (Å²) in [7, 11) is 0. The van der Waals surface area contributed by atoms with Gasteiger partial charge in [0.1, 0.15) is 9.88 Å². The van der Waals surface area contributed by atoms with E-state index in [4.69, 9.17) is 9.84 Å². The monoisotopic (exact) mass is 256 g/mol. The molecule has 0 radical (unpaired) electrons. The van der Waals surface area contributed by atoms with Crippen LogP contribution in [0.4, 0.5) is 0 Å². The maximum atomic E-state index is 11.1. The van der Waals surface area contributed by atoms with Gasteiger partial charge in [0.2, 0.25) is 0 Å². The second kappa shape index (κ2) is 5.12. The molecule has 17 heavy (non-hydrogen) atoms. The highest BCUT2D eigenvalue weighted by molar-refractivity contribution is 7.13. The van der Waals surface area contributed by atoms with E-state index in [1.54, 1.807) is 0 Å². The number of nitrogens with zero attached hydrogens (tertiary/aromatic N) is 1.